The maximum atomic E-state index is 12.8. The van der Waals surface area contributed by atoms with Crippen LogP contribution in [0.5, 0.6) is 0 Å². The molecule has 1 aliphatic rings. The third-order valence-corrected chi connectivity index (χ3v) is 13.2. The van der Waals surface area contributed by atoms with E-state index in [1.807, 2.05) is 21.1 Å². The molecule has 1 unspecified atom stereocenters. The van der Waals surface area contributed by atoms with Gasteiger partial charge in [0.1, 0.15) is 25.5 Å². The summed E-state index contributed by atoms with van der Waals surface area (Å²) in [5.41, 5.74) is 0. The molecule has 3 N–H and O–H groups in total. The first-order valence-electron chi connectivity index (χ1n) is 25.5. The number of ketones is 1. The van der Waals surface area contributed by atoms with Gasteiger partial charge in [-0.05, 0) is 31.6 Å². The predicted octanol–water partition coefficient (Wildman–Crippen LogP) is 11.5. The van der Waals surface area contributed by atoms with Crippen LogP contribution in [0, 0.1) is 11.8 Å². The third-order valence-electron chi connectivity index (χ3n) is 12.2. The fraction of sp³-hybridized carbons (Fsp3) is 0.900. The zero-order valence-electron chi connectivity index (χ0n) is 40.8. The summed E-state index contributed by atoms with van der Waals surface area (Å²) in [5, 5.41) is 20.8. The molecule has 12 nitrogen and oxygen atoms in total. The number of Topliss-reactive ketones (excluding diaryl/α,β-unsaturated/α-hetero) is 1. The lowest BCUT2D eigenvalue weighted by Crippen LogP contribution is -2.37. The van der Waals surface area contributed by atoms with Crippen LogP contribution in [0.1, 0.15) is 213 Å². The molecule has 0 aliphatic heterocycles. The molecule has 13 heteroatoms. The highest BCUT2D eigenvalue weighted by molar-refractivity contribution is 7.47. The fourth-order valence-corrected chi connectivity index (χ4v) is 8.90. The summed E-state index contributed by atoms with van der Waals surface area (Å²) < 4.78 is 34.4. The van der Waals surface area contributed by atoms with Crippen molar-refractivity contribution in [3.05, 3.63) is 12.2 Å². The molecular formula is C50H95NO11P+. The fourth-order valence-electron chi connectivity index (χ4n) is 8.16. The van der Waals surface area contributed by atoms with Crippen LogP contribution < -0.4 is 0 Å². The lowest BCUT2D eigenvalue weighted by molar-refractivity contribution is -0.870. The summed E-state index contributed by atoms with van der Waals surface area (Å²) in [6.45, 7) is 4.09. The molecule has 1 saturated carbocycles. The molecule has 0 radical (unpaired) electrons. The Hall–Kier alpha value is -1.66. The summed E-state index contributed by atoms with van der Waals surface area (Å²) in [5.74, 6) is -1.49. The molecule has 1 rings (SSSR count). The molecular weight excluding hydrogens is 822 g/mol. The highest BCUT2D eigenvalue weighted by Crippen LogP contribution is 2.43. The third kappa shape index (κ3) is 34.3. The van der Waals surface area contributed by atoms with E-state index < -0.39 is 44.7 Å². The SMILES string of the molecule is CCCCCCCCCCCCCCCCCCCCCC(=O)O[C@H](COC(=O)CCCCCC[C@H]1[C@@H](O)CC(=O)[C@@H]1/C=C/[C@@H](O)CCCCC)COP(=O)(O)OCC[N+](C)(C)C. The molecule has 6 atom stereocenters. The number of unbranched alkanes of at least 4 members (excludes halogenated alkanes) is 23. The molecule has 1 aliphatic carbocycles. The van der Waals surface area contributed by atoms with E-state index in [0.29, 0.717) is 36.7 Å². The Morgan fingerprint density at radius 1 is 0.698 bits per heavy atom. The molecule has 370 valence electrons. The first-order chi connectivity index (χ1) is 30.2. The number of aliphatic hydroxyl groups is 2. The number of quaternary nitrogens is 1. The topological polar surface area (TPSA) is 166 Å². The van der Waals surface area contributed by atoms with Crippen molar-refractivity contribution < 1.29 is 57.1 Å². The maximum absolute atomic E-state index is 12.8. The minimum absolute atomic E-state index is 0.00353. The van der Waals surface area contributed by atoms with Crippen LogP contribution in [0.15, 0.2) is 12.2 Å². The number of carbonyl (C=O) groups excluding carboxylic acids is 3. The number of likely N-dealkylation sites (N-methyl/N-ethyl adjacent to an activating group) is 1. The smallest absolute Gasteiger partial charge is 0.462 e. The van der Waals surface area contributed by atoms with Gasteiger partial charge in [0.2, 0.25) is 0 Å². The van der Waals surface area contributed by atoms with Crippen molar-refractivity contribution in [3.63, 3.8) is 0 Å². The number of hydrogen-bond acceptors (Lipinski definition) is 10. The second-order valence-electron chi connectivity index (χ2n) is 19.3. The van der Waals surface area contributed by atoms with E-state index in [0.717, 1.165) is 57.8 Å². The van der Waals surface area contributed by atoms with E-state index in [1.54, 1.807) is 12.2 Å². The van der Waals surface area contributed by atoms with Gasteiger partial charge in [-0.3, -0.25) is 23.4 Å². The van der Waals surface area contributed by atoms with Gasteiger partial charge in [-0.25, -0.2) is 4.57 Å². The molecule has 63 heavy (non-hydrogen) atoms. The number of carbonyl (C=O) groups is 3. The molecule has 0 bridgehead atoms. The van der Waals surface area contributed by atoms with Gasteiger partial charge in [0, 0.05) is 25.2 Å². The molecule has 0 aromatic rings. The lowest BCUT2D eigenvalue weighted by atomic mass is 9.88. The van der Waals surface area contributed by atoms with E-state index >= 15 is 0 Å². The number of ether oxygens (including phenoxy) is 2. The van der Waals surface area contributed by atoms with Crippen LogP contribution in [-0.2, 0) is 37.5 Å². The van der Waals surface area contributed by atoms with Crippen molar-refractivity contribution >= 4 is 25.5 Å². The number of esters is 2. The Kier molecular flexibility index (Phi) is 35.3. The molecule has 0 aromatic heterocycles. The van der Waals surface area contributed by atoms with Gasteiger partial charge in [0.05, 0.1) is 40.0 Å². The van der Waals surface area contributed by atoms with Gasteiger partial charge in [0.25, 0.3) is 0 Å². The number of nitrogens with zero attached hydrogens (tertiary/aromatic N) is 1. The normalized spacial score (nSPS) is 18.8. The molecule has 0 amide bonds. The van der Waals surface area contributed by atoms with Crippen molar-refractivity contribution in [1.29, 1.82) is 0 Å². The van der Waals surface area contributed by atoms with Gasteiger partial charge < -0.3 is 29.1 Å². The van der Waals surface area contributed by atoms with Gasteiger partial charge in [-0.1, -0.05) is 180 Å². The molecule has 0 heterocycles. The van der Waals surface area contributed by atoms with Crippen molar-refractivity contribution in [2.24, 2.45) is 11.8 Å². The van der Waals surface area contributed by atoms with Crippen LogP contribution in [0.3, 0.4) is 0 Å². The second kappa shape index (κ2) is 37.4. The van der Waals surface area contributed by atoms with E-state index in [-0.39, 0.29) is 50.1 Å². The predicted molar refractivity (Wildman–Crippen MR) is 253 cm³/mol. The quantitative estimate of drug-likeness (QED) is 0.0175. The van der Waals surface area contributed by atoms with Gasteiger partial charge >= 0.3 is 19.8 Å². The van der Waals surface area contributed by atoms with Crippen LogP contribution in [-0.4, -0.2) is 103 Å². The minimum Gasteiger partial charge on any atom is -0.462 e. The van der Waals surface area contributed by atoms with E-state index in [2.05, 4.69) is 13.8 Å². The second-order valence-corrected chi connectivity index (χ2v) is 20.8. The Morgan fingerprint density at radius 3 is 1.70 bits per heavy atom. The highest BCUT2D eigenvalue weighted by atomic mass is 31.2. The van der Waals surface area contributed by atoms with Crippen molar-refractivity contribution in [2.75, 3.05) is 47.5 Å². The van der Waals surface area contributed by atoms with Gasteiger partial charge in [-0.2, -0.15) is 0 Å². The zero-order chi connectivity index (χ0) is 46.6. The Bertz CT molecular complexity index is 1240. The number of hydrogen-bond donors (Lipinski definition) is 3. The minimum atomic E-state index is -4.43. The number of rotatable bonds is 43. The van der Waals surface area contributed by atoms with Gasteiger partial charge in [-0.15, -0.1) is 0 Å². The monoisotopic (exact) mass is 917 g/mol. The average molecular weight is 917 g/mol. The summed E-state index contributed by atoms with van der Waals surface area (Å²) >= 11 is 0. The summed E-state index contributed by atoms with van der Waals surface area (Å²) in [7, 11) is 1.36. The zero-order valence-corrected chi connectivity index (χ0v) is 41.7. The standard InChI is InChI=1S/C50H94NO11P/c1-6-8-10-11-12-13-14-15-16-17-18-19-20-21-22-23-24-25-31-35-50(56)62-44(42-61-63(57,58)60-39-38-51(3,4)5)41-59-49(55)34-30-27-26-29-33-45-46(48(54)40-47(45)53)37-36-43(52)32-28-9-7-2/h36-37,43-47,52-53H,6-35,38-42H2,1-5H3/p+1/b37-36+/t43-,44+,45+,46+,47-/m0/s1. The Labute approximate surface area is 384 Å². The van der Waals surface area contributed by atoms with Crippen LogP contribution in [0.4, 0.5) is 0 Å². The van der Waals surface area contributed by atoms with Crippen molar-refractivity contribution in [3.8, 4) is 0 Å². The summed E-state index contributed by atoms with van der Waals surface area (Å²) in [6.07, 6.45) is 33.0. The Balaban J connectivity index is 2.38. The highest BCUT2D eigenvalue weighted by Gasteiger charge is 2.39. The van der Waals surface area contributed by atoms with E-state index in [4.69, 9.17) is 18.5 Å². The Morgan fingerprint density at radius 2 is 1.17 bits per heavy atom. The largest absolute Gasteiger partial charge is 0.472 e. The number of allylic oxidation sites excluding steroid dienone is 1. The summed E-state index contributed by atoms with van der Waals surface area (Å²) in [6, 6.07) is 0. The molecule has 0 spiro atoms. The van der Waals surface area contributed by atoms with E-state index in [9.17, 15) is 34.1 Å². The van der Waals surface area contributed by atoms with Crippen molar-refractivity contribution in [1.82, 2.24) is 0 Å². The van der Waals surface area contributed by atoms with E-state index in [1.165, 1.54) is 96.3 Å². The lowest BCUT2D eigenvalue weighted by Gasteiger charge is -2.24. The first kappa shape index (κ1) is 59.4. The maximum Gasteiger partial charge on any atom is 0.472 e. The average Bonchev–Trinajstić information content (AvgIpc) is 3.50. The van der Waals surface area contributed by atoms with Crippen molar-refractivity contribution in [2.45, 2.75) is 231 Å². The number of phosphoric ester groups is 1. The first-order valence-corrected chi connectivity index (χ1v) is 27.0. The van der Waals surface area contributed by atoms with Gasteiger partial charge in [0.15, 0.2) is 6.10 Å². The van der Waals surface area contributed by atoms with Crippen LogP contribution >= 0.6 is 7.82 Å². The van der Waals surface area contributed by atoms with Crippen LogP contribution in [0.2, 0.25) is 0 Å². The number of aliphatic hydroxyl groups excluding tert-OH is 2. The molecule has 1 fully saturated rings. The summed E-state index contributed by atoms with van der Waals surface area (Å²) in [4.78, 5) is 48.3. The number of phosphoric acid groups is 1. The van der Waals surface area contributed by atoms with Crippen LogP contribution in [0.25, 0.3) is 0 Å². The molecule has 0 aromatic carbocycles. The molecule has 0 saturated heterocycles.